The molecule has 8 atom stereocenters. The standard InChI is InChI=1S/C28H44N2O7S/c1-6-9-19-14-21(30(4)16-19)26(33)29-24(18(3)35-5)25-22(31)15-23(32)28(37-25)38-13-12-36-27(34)20-11-8-7-10-17(20)2/h7-8,10-11,18-19,21-25,28,31-32H,6,9,12-16H2,1-5H3,(H,29,33)/t18-,19-,21+,22-,23-,24-,25+,28-/m1/s1. The predicted octanol–water partition coefficient (Wildman–Crippen LogP) is 2.36. The number of benzene rings is 1. The quantitative estimate of drug-likeness (QED) is 0.265. The third-order valence-corrected chi connectivity index (χ3v) is 8.76. The number of hydrogen-bond acceptors (Lipinski definition) is 9. The van der Waals surface area contributed by atoms with Crippen LogP contribution in [0.4, 0.5) is 0 Å². The summed E-state index contributed by atoms with van der Waals surface area (Å²) < 4.78 is 17.1. The van der Waals surface area contributed by atoms with Gasteiger partial charge in [0.1, 0.15) is 18.1 Å². The van der Waals surface area contributed by atoms with Crippen molar-refractivity contribution in [3.63, 3.8) is 0 Å². The Bertz CT molecular complexity index is 919. The largest absolute Gasteiger partial charge is 0.461 e. The average Bonchev–Trinajstić information content (AvgIpc) is 3.26. The molecule has 214 valence electrons. The smallest absolute Gasteiger partial charge is 0.338 e. The molecule has 0 saturated carbocycles. The lowest BCUT2D eigenvalue weighted by Gasteiger charge is -2.42. The SMILES string of the molecule is CCC[C@@H]1C[C@@H](C(=O)N[C@@H]([C@H]2O[C@H](SCCOC(=O)c3ccccc3C)[C@H](O)C[C@H]2O)[C@@H](C)OC)N(C)C1. The summed E-state index contributed by atoms with van der Waals surface area (Å²) in [6.07, 6.45) is 0.0293. The molecule has 2 aliphatic rings. The summed E-state index contributed by atoms with van der Waals surface area (Å²) >= 11 is 1.32. The molecule has 0 radical (unpaired) electrons. The number of nitrogens with one attached hydrogen (secondary N) is 1. The summed E-state index contributed by atoms with van der Waals surface area (Å²) in [5, 5.41) is 24.5. The van der Waals surface area contributed by atoms with Gasteiger partial charge in [-0.3, -0.25) is 9.69 Å². The lowest BCUT2D eigenvalue weighted by Crippen LogP contribution is -2.61. The molecule has 3 N–H and O–H groups in total. The van der Waals surface area contributed by atoms with Crippen LogP contribution in [0, 0.1) is 12.8 Å². The first-order valence-corrected chi connectivity index (χ1v) is 14.6. The maximum Gasteiger partial charge on any atom is 0.338 e. The summed E-state index contributed by atoms with van der Waals surface area (Å²) in [7, 11) is 3.53. The molecule has 1 amide bonds. The molecular weight excluding hydrogens is 508 g/mol. The van der Waals surface area contributed by atoms with E-state index in [2.05, 4.69) is 17.1 Å². The predicted molar refractivity (Wildman–Crippen MR) is 147 cm³/mol. The van der Waals surface area contributed by atoms with Crippen LogP contribution in [0.1, 0.15) is 55.5 Å². The molecule has 2 saturated heterocycles. The molecule has 3 rings (SSSR count). The highest BCUT2D eigenvalue weighted by Crippen LogP contribution is 2.31. The van der Waals surface area contributed by atoms with Crippen LogP contribution < -0.4 is 5.32 Å². The number of ether oxygens (including phenoxy) is 3. The highest BCUT2D eigenvalue weighted by molar-refractivity contribution is 7.99. The van der Waals surface area contributed by atoms with Gasteiger partial charge >= 0.3 is 5.97 Å². The molecule has 0 aromatic heterocycles. The highest BCUT2D eigenvalue weighted by atomic mass is 32.2. The molecule has 0 unspecified atom stereocenters. The van der Waals surface area contributed by atoms with Crippen LogP contribution in [-0.4, -0.2) is 102 Å². The Hall–Kier alpha value is -1.69. The van der Waals surface area contributed by atoms with Crippen LogP contribution in [0.5, 0.6) is 0 Å². The molecule has 2 fully saturated rings. The minimum atomic E-state index is -0.974. The Kier molecular flexibility index (Phi) is 11.9. The highest BCUT2D eigenvalue weighted by Gasteiger charge is 2.44. The van der Waals surface area contributed by atoms with Crippen molar-refractivity contribution in [3.05, 3.63) is 35.4 Å². The number of carbonyl (C=O) groups is 2. The minimum absolute atomic E-state index is 0.103. The summed E-state index contributed by atoms with van der Waals surface area (Å²) in [4.78, 5) is 27.7. The number of rotatable bonds is 12. The lowest BCUT2D eigenvalue weighted by molar-refractivity contribution is -0.163. The number of carbonyl (C=O) groups excluding carboxylic acids is 2. The normalized spacial score (nSPS) is 29.6. The fourth-order valence-electron chi connectivity index (χ4n) is 5.38. The molecule has 1 aromatic carbocycles. The first-order valence-electron chi connectivity index (χ1n) is 13.6. The second-order valence-electron chi connectivity index (χ2n) is 10.5. The first-order chi connectivity index (χ1) is 18.2. The Morgan fingerprint density at radius 2 is 1.97 bits per heavy atom. The summed E-state index contributed by atoms with van der Waals surface area (Å²) in [6, 6.07) is 6.40. The fourth-order valence-corrected chi connectivity index (χ4v) is 6.34. The van der Waals surface area contributed by atoms with E-state index in [1.807, 2.05) is 33.0 Å². The van der Waals surface area contributed by atoms with Crippen molar-refractivity contribution in [1.82, 2.24) is 10.2 Å². The Labute approximate surface area is 230 Å². The zero-order valence-corrected chi connectivity index (χ0v) is 24.0. The number of esters is 1. The Balaban J connectivity index is 1.58. The topological polar surface area (TPSA) is 118 Å². The van der Waals surface area contributed by atoms with Crippen LogP contribution in [0.3, 0.4) is 0 Å². The van der Waals surface area contributed by atoms with E-state index in [9.17, 15) is 19.8 Å². The van der Waals surface area contributed by atoms with E-state index in [1.54, 1.807) is 19.2 Å². The molecule has 38 heavy (non-hydrogen) atoms. The molecule has 9 nitrogen and oxygen atoms in total. The summed E-state index contributed by atoms with van der Waals surface area (Å²) in [5.74, 6) is 0.405. The van der Waals surface area contributed by atoms with Crippen LogP contribution in [0.2, 0.25) is 0 Å². The molecule has 0 aliphatic carbocycles. The maximum absolute atomic E-state index is 13.3. The van der Waals surface area contributed by atoms with Crippen LogP contribution in [-0.2, 0) is 19.0 Å². The number of hydrogen-bond donors (Lipinski definition) is 3. The van der Waals surface area contributed by atoms with E-state index in [1.165, 1.54) is 11.8 Å². The monoisotopic (exact) mass is 552 g/mol. The Morgan fingerprint density at radius 1 is 1.24 bits per heavy atom. The van der Waals surface area contributed by atoms with Gasteiger partial charge in [0, 0.05) is 25.8 Å². The van der Waals surface area contributed by atoms with Crippen molar-refractivity contribution >= 4 is 23.6 Å². The number of aliphatic hydroxyl groups is 2. The van der Waals surface area contributed by atoms with Gasteiger partial charge in [0.2, 0.25) is 5.91 Å². The molecule has 0 bridgehead atoms. The van der Waals surface area contributed by atoms with Gasteiger partial charge in [-0.2, -0.15) is 0 Å². The van der Waals surface area contributed by atoms with E-state index in [-0.39, 0.29) is 25.0 Å². The number of nitrogens with zero attached hydrogens (tertiary/aromatic N) is 1. The zero-order chi connectivity index (χ0) is 27.8. The van der Waals surface area contributed by atoms with Gasteiger partial charge in [0.05, 0.1) is 36.0 Å². The lowest BCUT2D eigenvalue weighted by atomic mass is 9.93. The summed E-state index contributed by atoms with van der Waals surface area (Å²) in [5.41, 5.74) is 0.723. The fraction of sp³-hybridized carbons (Fsp3) is 0.714. The molecule has 1 aromatic rings. The van der Waals surface area contributed by atoms with E-state index >= 15 is 0 Å². The van der Waals surface area contributed by atoms with E-state index < -0.39 is 41.9 Å². The van der Waals surface area contributed by atoms with E-state index in [0.29, 0.717) is 17.2 Å². The van der Waals surface area contributed by atoms with Crippen molar-refractivity contribution in [1.29, 1.82) is 0 Å². The number of aliphatic hydroxyl groups excluding tert-OH is 2. The average molecular weight is 553 g/mol. The maximum atomic E-state index is 13.3. The molecular formula is C28H44N2O7S. The van der Waals surface area contributed by atoms with Gasteiger partial charge in [-0.25, -0.2) is 4.79 Å². The molecule has 0 spiro atoms. The molecule has 2 aliphatic heterocycles. The third-order valence-electron chi connectivity index (χ3n) is 7.61. The van der Waals surface area contributed by atoms with Crippen molar-refractivity contribution < 1.29 is 34.0 Å². The third kappa shape index (κ3) is 7.92. The van der Waals surface area contributed by atoms with Crippen molar-refractivity contribution in [3.8, 4) is 0 Å². The van der Waals surface area contributed by atoms with Gasteiger partial charge in [-0.1, -0.05) is 31.5 Å². The van der Waals surface area contributed by atoms with Crippen molar-refractivity contribution in [2.45, 2.75) is 88.4 Å². The number of aryl methyl sites for hydroxylation is 1. The van der Waals surface area contributed by atoms with Crippen LogP contribution in [0.25, 0.3) is 0 Å². The molecule has 2 heterocycles. The van der Waals surface area contributed by atoms with Gasteiger partial charge in [-0.15, -0.1) is 11.8 Å². The van der Waals surface area contributed by atoms with Crippen LogP contribution in [0.15, 0.2) is 24.3 Å². The number of amides is 1. The number of likely N-dealkylation sites (N-methyl/N-ethyl adjacent to an activating group) is 1. The van der Waals surface area contributed by atoms with Gasteiger partial charge in [0.15, 0.2) is 0 Å². The summed E-state index contributed by atoms with van der Waals surface area (Å²) in [6.45, 7) is 6.88. The second-order valence-corrected chi connectivity index (χ2v) is 11.7. The number of likely N-dealkylation sites (tertiary alicyclic amines) is 1. The zero-order valence-electron chi connectivity index (χ0n) is 23.2. The molecule has 10 heteroatoms. The van der Waals surface area contributed by atoms with Crippen LogP contribution >= 0.6 is 11.8 Å². The Morgan fingerprint density at radius 3 is 2.66 bits per heavy atom. The first kappa shape index (κ1) is 30.8. The second kappa shape index (κ2) is 14.6. The van der Waals surface area contributed by atoms with E-state index in [4.69, 9.17) is 14.2 Å². The number of thioether (sulfide) groups is 1. The number of methoxy groups -OCH3 is 1. The van der Waals surface area contributed by atoms with Gasteiger partial charge < -0.3 is 29.7 Å². The van der Waals surface area contributed by atoms with Crippen molar-refractivity contribution in [2.24, 2.45) is 5.92 Å². The van der Waals surface area contributed by atoms with Crippen molar-refractivity contribution in [2.75, 3.05) is 33.1 Å². The van der Waals surface area contributed by atoms with E-state index in [0.717, 1.165) is 31.4 Å². The van der Waals surface area contributed by atoms with Gasteiger partial charge in [0.25, 0.3) is 0 Å². The van der Waals surface area contributed by atoms with Gasteiger partial charge in [-0.05, 0) is 51.3 Å². The minimum Gasteiger partial charge on any atom is -0.461 e.